The molecule has 0 saturated carbocycles. The Morgan fingerprint density at radius 3 is 2.22 bits per heavy atom. The molecular weight excluding hydrogens is 222 g/mol. The second-order valence-electron chi connectivity index (χ2n) is 5.01. The fourth-order valence-electron chi connectivity index (χ4n) is 3.04. The van der Waals surface area contributed by atoms with Crippen LogP contribution in [0.3, 0.4) is 0 Å². The van der Waals surface area contributed by atoms with E-state index >= 15 is 0 Å². The molecule has 1 aromatic rings. The predicted molar refractivity (Wildman–Crippen MR) is 78.4 cm³/mol. The third-order valence-corrected chi connectivity index (χ3v) is 3.65. The van der Waals surface area contributed by atoms with Gasteiger partial charge in [-0.15, -0.1) is 0 Å². The Kier molecular flexibility index (Phi) is 6.20. The van der Waals surface area contributed by atoms with Crippen molar-refractivity contribution in [3.05, 3.63) is 29.8 Å². The molecular formula is C16H27NO. The first-order chi connectivity index (χ1) is 8.74. The van der Waals surface area contributed by atoms with Gasteiger partial charge < -0.3 is 10.1 Å². The number of hydrogen-bond acceptors (Lipinski definition) is 2. The third kappa shape index (κ3) is 3.26. The molecule has 0 unspecified atom stereocenters. The van der Waals surface area contributed by atoms with E-state index in [0.717, 1.165) is 12.3 Å². The summed E-state index contributed by atoms with van der Waals surface area (Å²) in [6.07, 6.45) is 4.78. The molecule has 2 nitrogen and oxygen atoms in total. The van der Waals surface area contributed by atoms with E-state index in [4.69, 9.17) is 4.74 Å². The quantitative estimate of drug-likeness (QED) is 0.757. The van der Waals surface area contributed by atoms with Gasteiger partial charge in [0.25, 0.3) is 0 Å². The van der Waals surface area contributed by atoms with Crippen molar-refractivity contribution in [3.8, 4) is 5.75 Å². The van der Waals surface area contributed by atoms with Gasteiger partial charge in [0.05, 0.1) is 7.11 Å². The molecule has 0 aromatic heterocycles. The molecule has 102 valence electrons. The monoisotopic (exact) mass is 249 g/mol. The fraction of sp³-hybridized carbons (Fsp3) is 0.625. The Morgan fingerprint density at radius 1 is 1.11 bits per heavy atom. The van der Waals surface area contributed by atoms with Gasteiger partial charge in [-0.05, 0) is 26.0 Å². The minimum Gasteiger partial charge on any atom is -0.496 e. The molecule has 0 bridgehead atoms. The van der Waals surface area contributed by atoms with Crippen LogP contribution in [0.2, 0.25) is 0 Å². The highest BCUT2D eigenvalue weighted by Gasteiger charge is 2.32. The van der Waals surface area contributed by atoms with E-state index in [1.165, 1.54) is 31.2 Å². The molecule has 0 heterocycles. The standard InChI is InChI=1S/C16H27NO/c1-5-11-16(12-6-2,13-17-3)14-9-7-8-10-15(14)18-4/h7-10,17H,5-6,11-13H2,1-4H3. The lowest BCUT2D eigenvalue weighted by Gasteiger charge is -2.35. The Labute approximate surface area is 112 Å². The lowest BCUT2D eigenvalue weighted by Crippen LogP contribution is -2.37. The van der Waals surface area contributed by atoms with Crippen LogP contribution < -0.4 is 10.1 Å². The summed E-state index contributed by atoms with van der Waals surface area (Å²) in [7, 11) is 3.80. The molecule has 2 heteroatoms. The zero-order valence-corrected chi connectivity index (χ0v) is 12.3. The van der Waals surface area contributed by atoms with Gasteiger partial charge in [0.2, 0.25) is 0 Å². The fourth-order valence-corrected chi connectivity index (χ4v) is 3.04. The third-order valence-electron chi connectivity index (χ3n) is 3.65. The smallest absolute Gasteiger partial charge is 0.122 e. The largest absolute Gasteiger partial charge is 0.496 e. The van der Waals surface area contributed by atoms with E-state index in [0.29, 0.717) is 0 Å². The minimum absolute atomic E-state index is 0.199. The lowest BCUT2D eigenvalue weighted by molar-refractivity contribution is 0.322. The van der Waals surface area contributed by atoms with Gasteiger partial charge in [-0.3, -0.25) is 0 Å². The van der Waals surface area contributed by atoms with Crippen LogP contribution in [0.25, 0.3) is 0 Å². The SMILES string of the molecule is CCCC(CCC)(CNC)c1ccccc1OC. The topological polar surface area (TPSA) is 21.3 Å². The summed E-state index contributed by atoms with van der Waals surface area (Å²) < 4.78 is 5.56. The molecule has 1 aromatic carbocycles. The van der Waals surface area contributed by atoms with Crippen molar-refractivity contribution in [1.29, 1.82) is 0 Å². The molecule has 0 atom stereocenters. The minimum atomic E-state index is 0.199. The maximum atomic E-state index is 5.56. The van der Waals surface area contributed by atoms with Crippen molar-refractivity contribution >= 4 is 0 Å². The Morgan fingerprint density at radius 2 is 1.72 bits per heavy atom. The van der Waals surface area contributed by atoms with E-state index in [2.05, 4.69) is 37.4 Å². The van der Waals surface area contributed by atoms with Crippen LogP contribution in [0, 0.1) is 0 Å². The summed E-state index contributed by atoms with van der Waals surface area (Å²) >= 11 is 0. The molecule has 18 heavy (non-hydrogen) atoms. The number of hydrogen-bond donors (Lipinski definition) is 1. The summed E-state index contributed by atoms with van der Waals surface area (Å²) in [6.45, 7) is 5.53. The highest BCUT2D eigenvalue weighted by molar-refractivity contribution is 5.40. The van der Waals surface area contributed by atoms with E-state index in [9.17, 15) is 0 Å². The normalized spacial score (nSPS) is 11.6. The van der Waals surface area contributed by atoms with Gasteiger partial charge in [-0.1, -0.05) is 44.9 Å². The van der Waals surface area contributed by atoms with Crippen LogP contribution >= 0.6 is 0 Å². The van der Waals surface area contributed by atoms with E-state index in [1.54, 1.807) is 7.11 Å². The van der Waals surface area contributed by atoms with Crippen molar-refractivity contribution in [2.75, 3.05) is 20.7 Å². The van der Waals surface area contributed by atoms with Crippen molar-refractivity contribution in [2.24, 2.45) is 0 Å². The van der Waals surface area contributed by atoms with Crippen molar-refractivity contribution < 1.29 is 4.74 Å². The molecule has 0 aliphatic heterocycles. The first kappa shape index (κ1) is 15.0. The molecule has 0 aliphatic carbocycles. The molecule has 1 N–H and O–H groups in total. The zero-order valence-electron chi connectivity index (χ0n) is 12.3. The first-order valence-electron chi connectivity index (χ1n) is 7.02. The van der Waals surface area contributed by atoms with Gasteiger partial charge in [-0.25, -0.2) is 0 Å². The van der Waals surface area contributed by atoms with Crippen LogP contribution in [0.4, 0.5) is 0 Å². The average Bonchev–Trinajstić information content (AvgIpc) is 2.39. The van der Waals surface area contributed by atoms with Crippen LogP contribution in [0.5, 0.6) is 5.75 Å². The Balaban J connectivity index is 3.20. The summed E-state index contributed by atoms with van der Waals surface area (Å²) in [6, 6.07) is 8.46. The van der Waals surface area contributed by atoms with Gasteiger partial charge in [0, 0.05) is 17.5 Å². The van der Waals surface area contributed by atoms with E-state index in [-0.39, 0.29) is 5.41 Å². The highest BCUT2D eigenvalue weighted by Crippen LogP contribution is 2.39. The van der Waals surface area contributed by atoms with Gasteiger partial charge in [0.1, 0.15) is 5.75 Å². The number of ether oxygens (including phenoxy) is 1. The molecule has 0 amide bonds. The van der Waals surface area contributed by atoms with E-state index < -0.39 is 0 Å². The Bertz CT molecular complexity index is 332. The molecule has 0 saturated heterocycles. The highest BCUT2D eigenvalue weighted by atomic mass is 16.5. The maximum Gasteiger partial charge on any atom is 0.122 e. The zero-order chi connectivity index (χ0) is 13.4. The number of benzene rings is 1. The number of likely N-dealkylation sites (N-methyl/N-ethyl adjacent to an activating group) is 1. The summed E-state index contributed by atoms with van der Waals surface area (Å²) in [5, 5.41) is 3.37. The number of rotatable bonds is 8. The predicted octanol–water partition coefficient (Wildman–Crippen LogP) is 3.75. The van der Waals surface area contributed by atoms with Crippen molar-refractivity contribution in [3.63, 3.8) is 0 Å². The van der Waals surface area contributed by atoms with Crippen LogP contribution in [-0.2, 0) is 5.41 Å². The van der Waals surface area contributed by atoms with Crippen molar-refractivity contribution in [1.82, 2.24) is 5.32 Å². The summed E-state index contributed by atoms with van der Waals surface area (Å²) in [4.78, 5) is 0. The van der Waals surface area contributed by atoms with Crippen molar-refractivity contribution in [2.45, 2.75) is 44.9 Å². The van der Waals surface area contributed by atoms with Gasteiger partial charge in [0.15, 0.2) is 0 Å². The Hall–Kier alpha value is -1.02. The summed E-state index contributed by atoms with van der Waals surface area (Å²) in [5.41, 5.74) is 1.55. The molecule has 1 rings (SSSR count). The van der Waals surface area contributed by atoms with E-state index in [1.807, 2.05) is 13.1 Å². The van der Waals surface area contributed by atoms with Crippen LogP contribution in [0.15, 0.2) is 24.3 Å². The maximum absolute atomic E-state index is 5.56. The van der Waals surface area contributed by atoms with Gasteiger partial charge in [-0.2, -0.15) is 0 Å². The molecule has 0 aliphatic rings. The van der Waals surface area contributed by atoms with Crippen LogP contribution in [0.1, 0.15) is 45.1 Å². The van der Waals surface area contributed by atoms with Gasteiger partial charge >= 0.3 is 0 Å². The molecule has 0 spiro atoms. The lowest BCUT2D eigenvalue weighted by atomic mass is 9.73. The second-order valence-corrected chi connectivity index (χ2v) is 5.01. The first-order valence-corrected chi connectivity index (χ1v) is 7.02. The average molecular weight is 249 g/mol. The second kappa shape index (κ2) is 7.42. The number of nitrogens with one attached hydrogen (secondary N) is 1. The molecule has 0 radical (unpaired) electrons. The summed E-state index contributed by atoms with van der Waals surface area (Å²) in [5.74, 6) is 1.02. The number of methoxy groups -OCH3 is 1. The number of para-hydroxylation sites is 1. The molecule has 0 fully saturated rings. The van der Waals surface area contributed by atoms with Crippen LogP contribution in [-0.4, -0.2) is 20.7 Å².